The lowest BCUT2D eigenvalue weighted by molar-refractivity contribution is -0.123. The molecule has 4 rings (SSSR count). The van der Waals surface area contributed by atoms with Crippen LogP contribution >= 0.6 is 34.5 Å². The Kier molecular flexibility index (Phi) is 6.13. The summed E-state index contributed by atoms with van der Waals surface area (Å²) in [7, 11) is 1.51. The van der Waals surface area contributed by atoms with E-state index in [1.807, 2.05) is 6.07 Å². The molecule has 2 aromatic rings. The van der Waals surface area contributed by atoms with Gasteiger partial charge in [0.1, 0.15) is 5.75 Å². The van der Waals surface area contributed by atoms with Crippen LogP contribution in [0.15, 0.2) is 30.3 Å². The molecule has 2 amide bonds. The molecule has 0 N–H and O–H groups in total. The molecule has 0 aliphatic carbocycles. The Balaban J connectivity index is 1.43. The zero-order valence-corrected chi connectivity index (χ0v) is 18.3. The van der Waals surface area contributed by atoms with Gasteiger partial charge in [-0.2, -0.15) is 0 Å². The van der Waals surface area contributed by atoms with E-state index in [-0.39, 0.29) is 18.2 Å². The van der Waals surface area contributed by atoms with Gasteiger partial charge in [-0.3, -0.25) is 19.4 Å². The topological polar surface area (TPSA) is 53.1 Å². The largest absolute Gasteiger partial charge is 0.495 e. The highest BCUT2D eigenvalue weighted by molar-refractivity contribution is 7.16. The van der Waals surface area contributed by atoms with E-state index in [1.54, 1.807) is 29.5 Å². The molecule has 1 aromatic heterocycles. The fourth-order valence-corrected chi connectivity index (χ4v) is 5.18. The van der Waals surface area contributed by atoms with Gasteiger partial charge in [0.2, 0.25) is 5.91 Å². The van der Waals surface area contributed by atoms with Crippen LogP contribution < -0.4 is 9.64 Å². The van der Waals surface area contributed by atoms with Crippen LogP contribution in [-0.4, -0.2) is 60.9 Å². The lowest BCUT2D eigenvalue weighted by Gasteiger charge is -2.36. The van der Waals surface area contributed by atoms with Gasteiger partial charge in [-0.15, -0.1) is 11.3 Å². The smallest absolute Gasteiger partial charge is 0.251 e. The van der Waals surface area contributed by atoms with E-state index in [0.717, 1.165) is 37.1 Å². The van der Waals surface area contributed by atoms with Crippen molar-refractivity contribution in [2.45, 2.75) is 19.0 Å². The summed E-state index contributed by atoms with van der Waals surface area (Å²) in [5.41, 5.74) is 0.408. The Morgan fingerprint density at radius 2 is 1.86 bits per heavy atom. The van der Waals surface area contributed by atoms with Gasteiger partial charge in [-0.25, -0.2) is 4.90 Å². The van der Waals surface area contributed by atoms with Crippen molar-refractivity contribution in [3.8, 4) is 5.75 Å². The second-order valence-corrected chi connectivity index (χ2v) is 9.36. The maximum absolute atomic E-state index is 13.1. The molecule has 29 heavy (non-hydrogen) atoms. The van der Waals surface area contributed by atoms with Crippen molar-refractivity contribution in [1.29, 1.82) is 0 Å². The van der Waals surface area contributed by atoms with Crippen LogP contribution in [0, 0.1) is 0 Å². The fraction of sp³-hybridized carbons (Fsp3) is 0.400. The third-order valence-corrected chi connectivity index (χ3v) is 6.81. The molecule has 1 aromatic carbocycles. The minimum atomic E-state index is -0.440. The number of amides is 2. The van der Waals surface area contributed by atoms with Crippen LogP contribution in [0.4, 0.5) is 5.69 Å². The van der Waals surface area contributed by atoms with Crippen LogP contribution in [0.5, 0.6) is 5.75 Å². The quantitative estimate of drug-likeness (QED) is 0.648. The van der Waals surface area contributed by atoms with Crippen molar-refractivity contribution in [3.05, 3.63) is 44.6 Å². The van der Waals surface area contributed by atoms with E-state index in [9.17, 15) is 9.59 Å². The summed E-state index contributed by atoms with van der Waals surface area (Å²) < 4.78 is 6.13. The number of piperazine rings is 1. The number of thiophene rings is 1. The number of imide groups is 1. The Labute approximate surface area is 183 Å². The van der Waals surface area contributed by atoms with E-state index in [2.05, 4.69) is 15.9 Å². The number of rotatable bonds is 5. The van der Waals surface area contributed by atoms with Crippen molar-refractivity contribution in [1.82, 2.24) is 9.80 Å². The maximum Gasteiger partial charge on any atom is 0.251 e. The van der Waals surface area contributed by atoms with Crippen molar-refractivity contribution >= 4 is 52.0 Å². The number of carbonyl (C=O) groups is 2. The first kappa shape index (κ1) is 20.6. The van der Waals surface area contributed by atoms with E-state index in [4.69, 9.17) is 27.9 Å². The number of hydrogen-bond acceptors (Lipinski definition) is 6. The van der Waals surface area contributed by atoms with Crippen LogP contribution in [0.25, 0.3) is 0 Å². The monoisotopic (exact) mass is 453 g/mol. The molecule has 2 saturated heterocycles. The van der Waals surface area contributed by atoms with E-state index >= 15 is 0 Å². The predicted molar refractivity (Wildman–Crippen MR) is 115 cm³/mol. The second-order valence-electron chi connectivity index (χ2n) is 7.12. The first-order chi connectivity index (χ1) is 14.0. The lowest BCUT2D eigenvalue weighted by atomic mass is 10.1. The number of nitrogens with zero attached hydrogens (tertiary/aromatic N) is 3. The molecule has 6 nitrogen and oxygen atoms in total. The van der Waals surface area contributed by atoms with Crippen molar-refractivity contribution in [2.75, 3.05) is 38.2 Å². The zero-order chi connectivity index (χ0) is 20.5. The molecule has 0 unspecified atom stereocenters. The van der Waals surface area contributed by atoms with Gasteiger partial charge in [0.15, 0.2) is 0 Å². The SMILES string of the molecule is COc1ccc(Cl)cc1N1C(=O)C[C@H](N2CCN(Cc3ccc(Cl)s3)CC2)C1=O. The maximum atomic E-state index is 13.1. The van der Waals surface area contributed by atoms with Crippen LogP contribution in [0.2, 0.25) is 9.36 Å². The Bertz CT molecular complexity index is 927. The van der Waals surface area contributed by atoms with E-state index in [0.29, 0.717) is 16.5 Å². The summed E-state index contributed by atoms with van der Waals surface area (Å²) in [6, 6.07) is 8.47. The van der Waals surface area contributed by atoms with Crippen LogP contribution in [0.3, 0.4) is 0 Å². The van der Waals surface area contributed by atoms with Crippen molar-refractivity contribution in [3.63, 3.8) is 0 Å². The molecule has 0 spiro atoms. The molecular weight excluding hydrogens is 433 g/mol. The van der Waals surface area contributed by atoms with E-state index < -0.39 is 6.04 Å². The first-order valence-corrected chi connectivity index (χ1v) is 10.9. The molecule has 2 fully saturated rings. The number of anilines is 1. The Morgan fingerprint density at radius 1 is 1.10 bits per heavy atom. The van der Waals surface area contributed by atoms with Gasteiger partial charge < -0.3 is 4.74 Å². The zero-order valence-electron chi connectivity index (χ0n) is 15.9. The highest BCUT2D eigenvalue weighted by Gasteiger charge is 2.44. The number of benzene rings is 1. The summed E-state index contributed by atoms with van der Waals surface area (Å²) in [4.78, 5) is 32.7. The summed E-state index contributed by atoms with van der Waals surface area (Å²) in [5, 5.41) is 0.451. The Hall–Kier alpha value is -1.64. The molecule has 2 aliphatic rings. The normalized spacial score (nSPS) is 21.2. The van der Waals surface area contributed by atoms with E-state index in [1.165, 1.54) is 16.9 Å². The third kappa shape index (κ3) is 4.29. The van der Waals surface area contributed by atoms with Gasteiger partial charge >= 0.3 is 0 Å². The molecular formula is C20H21Cl2N3O3S. The molecule has 0 saturated carbocycles. The lowest BCUT2D eigenvalue weighted by Crippen LogP contribution is -2.52. The van der Waals surface area contributed by atoms with Crippen LogP contribution in [-0.2, 0) is 16.1 Å². The van der Waals surface area contributed by atoms with Gasteiger partial charge in [-0.05, 0) is 30.3 Å². The highest BCUT2D eigenvalue weighted by atomic mass is 35.5. The van der Waals surface area contributed by atoms with Crippen molar-refractivity contribution < 1.29 is 14.3 Å². The molecule has 154 valence electrons. The number of methoxy groups -OCH3 is 1. The summed E-state index contributed by atoms with van der Waals surface area (Å²) in [5.74, 6) is 0.0152. The molecule has 9 heteroatoms. The average Bonchev–Trinajstić information content (AvgIpc) is 3.24. The van der Waals surface area contributed by atoms with Gasteiger partial charge in [0, 0.05) is 42.6 Å². The molecule has 0 bridgehead atoms. The molecule has 2 aliphatic heterocycles. The summed E-state index contributed by atoms with van der Waals surface area (Å²) in [6.45, 7) is 4.02. The van der Waals surface area contributed by atoms with Gasteiger partial charge in [-0.1, -0.05) is 23.2 Å². The molecule has 0 radical (unpaired) electrons. The highest BCUT2D eigenvalue weighted by Crippen LogP contribution is 2.35. The van der Waals surface area contributed by atoms with Crippen molar-refractivity contribution in [2.24, 2.45) is 0 Å². The second kappa shape index (κ2) is 8.62. The number of carbonyl (C=O) groups excluding carboxylic acids is 2. The first-order valence-electron chi connectivity index (χ1n) is 9.37. The number of halogens is 2. The van der Waals surface area contributed by atoms with Gasteiger partial charge in [0.25, 0.3) is 5.91 Å². The molecule has 3 heterocycles. The molecule has 1 atom stereocenters. The van der Waals surface area contributed by atoms with Gasteiger partial charge in [0.05, 0.1) is 29.6 Å². The summed E-state index contributed by atoms with van der Waals surface area (Å²) >= 11 is 13.7. The fourth-order valence-electron chi connectivity index (χ4n) is 3.88. The Morgan fingerprint density at radius 3 is 2.52 bits per heavy atom. The predicted octanol–water partition coefficient (Wildman–Crippen LogP) is 3.51. The average molecular weight is 454 g/mol. The number of hydrogen-bond donors (Lipinski definition) is 0. The minimum Gasteiger partial charge on any atom is -0.495 e. The summed E-state index contributed by atoms with van der Waals surface area (Å²) in [6.07, 6.45) is 0.176. The third-order valence-electron chi connectivity index (χ3n) is 5.36. The number of ether oxygens (including phenoxy) is 1. The standard InChI is InChI=1S/C20H21Cl2N3O3S/c1-28-17-4-2-13(21)10-15(17)25-19(26)11-16(20(25)27)24-8-6-23(7-9-24)12-14-3-5-18(22)29-14/h2-5,10,16H,6-9,11-12H2,1H3/t16-/m0/s1. The van der Waals surface area contributed by atoms with Crippen LogP contribution in [0.1, 0.15) is 11.3 Å². The minimum absolute atomic E-state index is 0.176.